The molecule has 0 radical (unpaired) electrons. The molecule has 0 saturated heterocycles. The molecule has 0 aromatic heterocycles. The van der Waals surface area contributed by atoms with Gasteiger partial charge in [0.1, 0.15) is 11.5 Å². The molecule has 3 aromatic carbocycles. The smallest absolute Gasteiger partial charge is 0.365 e. The first kappa shape index (κ1) is 17.8. The Morgan fingerprint density at radius 3 is 1.32 bits per heavy atom. The number of hydrogen-bond acceptors (Lipinski definition) is 3. The van der Waals surface area contributed by atoms with Gasteiger partial charge in [-0.1, -0.05) is 53.1 Å². The minimum atomic E-state index is -1.20. The Hall–Kier alpha value is -1.96. The second-order valence-corrected chi connectivity index (χ2v) is 8.85. The van der Waals surface area contributed by atoms with E-state index < -0.39 is 7.58 Å². The SMILES string of the molecule is Cc1ccc(OP(Oc2ccc(C)cc2)Sc2ccc(C)cc2)cc1. The van der Waals surface area contributed by atoms with Crippen LogP contribution in [0, 0.1) is 20.8 Å². The maximum Gasteiger partial charge on any atom is 0.365 e. The first-order valence-corrected chi connectivity index (χ1v) is 10.7. The second-order valence-electron chi connectivity index (χ2n) is 5.94. The van der Waals surface area contributed by atoms with Crippen LogP contribution in [0.15, 0.2) is 77.7 Å². The average molecular weight is 368 g/mol. The molecule has 0 N–H and O–H groups in total. The molecule has 0 spiro atoms. The number of benzene rings is 3. The molecule has 0 heterocycles. The van der Waals surface area contributed by atoms with Crippen LogP contribution in [0.3, 0.4) is 0 Å². The van der Waals surface area contributed by atoms with Gasteiger partial charge in [0.05, 0.1) is 0 Å². The minimum absolute atomic E-state index is 0.823. The number of rotatable bonds is 6. The van der Waals surface area contributed by atoms with E-state index in [0.29, 0.717) is 0 Å². The highest BCUT2D eigenvalue weighted by atomic mass is 32.7. The highest BCUT2D eigenvalue weighted by molar-refractivity contribution is 8.53. The van der Waals surface area contributed by atoms with Gasteiger partial charge in [-0.25, -0.2) is 0 Å². The van der Waals surface area contributed by atoms with Crippen LogP contribution in [0.25, 0.3) is 0 Å². The van der Waals surface area contributed by atoms with Gasteiger partial charge in [0.25, 0.3) is 0 Å². The van der Waals surface area contributed by atoms with Crippen molar-refractivity contribution in [3.05, 3.63) is 89.5 Å². The summed E-state index contributed by atoms with van der Waals surface area (Å²) in [5, 5.41) is 0. The molecular weight excluding hydrogens is 347 g/mol. The van der Waals surface area contributed by atoms with Crippen LogP contribution in [0.1, 0.15) is 16.7 Å². The van der Waals surface area contributed by atoms with Gasteiger partial charge in [0.2, 0.25) is 0 Å². The van der Waals surface area contributed by atoms with Gasteiger partial charge in [-0.2, -0.15) is 0 Å². The minimum Gasteiger partial charge on any atom is -0.431 e. The van der Waals surface area contributed by atoms with E-state index in [2.05, 4.69) is 45.0 Å². The fraction of sp³-hybridized carbons (Fsp3) is 0.143. The second kappa shape index (κ2) is 8.42. The molecule has 4 heteroatoms. The highest BCUT2D eigenvalue weighted by Gasteiger charge is 2.17. The van der Waals surface area contributed by atoms with Crippen LogP contribution in [0.4, 0.5) is 0 Å². The van der Waals surface area contributed by atoms with Gasteiger partial charge < -0.3 is 9.05 Å². The van der Waals surface area contributed by atoms with Gasteiger partial charge >= 0.3 is 7.58 Å². The lowest BCUT2D eigenvalue weighted by molar-refractivity contribution is 0.509. The Labute approximate surface area is 154 Å². The summed E-state index contributed by atoms with van der Waals surface area (Å²) >= 11 is 1.62. The molecule has 0 fully saturated rings. The third-order valence-electron chi connectivity index (χ3n) is 3.60. The van der Waals surface area contributed by atoms with Gasteiger partial charge in [-0.3, -0.25) is 0 Å². The molecule has 2 nitrogen and oxygen atoms in total. The fourth-order valence-electron chi connectivity index (χ4n) is 2.11. The van der Waals surface area contributed by atoms with E-state index in [1.165, 1.54) is 16.7 Å². The molecule has 0 bridgehead atoms. The summed E-state index contributed by atoms with van der Waals surface area (Å²) in [6, 6.07) is 24.5. The third-order valence-corrected chi connectivity index (χ3v) is 6.48. The normalized spacial score (nSPS) is 10.7. The lowest BCUT2D eigenvalue weighted by Crippen LogP contribution is -1.93. The summed E-state index contributed by atoms with van der Waals surface area (Å²) < 4.78 is 12.3. The zero-order chi connectivity index (χ0) is 17.6. The summed E-state index contributed by atoms with van der Waals surface area (Å²) in [6.45, 7) is 6.22. The summed E-state index contributed by atoms with van der Waals surface area (Å²) in [5.74, 6) is 1.65. The lowest BCUT2D eigenvalue weighted by Gasteiger charge is -2.18. The van der Waals surface area contributed by atoms with E-state index >= 15 is 0 Å². The first-order valence-electron chi connectivity index (χ1n) is 8.12. The molecule has 0 aliphatic carbocycles. The zero-order valence-corrected chi connectivity index (χ0v) is 16.3. The Morgan fingerprint density at radius 2 is 0.920 bits per heavy atom. The summed E-state index contributed by atoms with van der Waals surface area (Å²) in [6.07, 6.45) is 0. The molecular formula is C21H21O2PS. The van der Waals surface area contributed by atoms with E-state index in [0.717, 1.165) is 16.4 Å². The largest absolute Gasteiger partial charge is 0.431 e. The van der Waals surface area contributed by atoms with E-state index in [1.807, 2.05) is 48.5 Å². The number of aryl methyl sites for hydroxylation is 3. The molecule has 25 heavy (non-hydrogen) atoms. The summed E-state index contributed by atoms with van der Waals surface area (Å²) in [5.41, 5.74) is 3.66. The third kappa shape index (κ3) is 5.52. The molecule has 3 rings (SSSR count). The van der Waals surface area contributed by atoms with Crippen molar-refractivity contribution in [2.24, 2.45) is 0 Å². The van der Waals surface area contributed by atoms with Gasteiger partial charge in [-0.05, 0) is 68.6 Å². The molecule has 0 amide bonds. The standard InChI is InChI=1S/C21H21O2PS/c1-16-4-10-19(11-5-16)22-24(23-20-12-6-17(2)7-13-20)25-21-14-8-18(3)9-15-21/h4-15H,1-3H3. The van der Waals surface area contributed by atoms with Crippen molar-refractivity contribution in [2.75, 3.05) is 0 Å². The zero-order valence-electron chi connectivity index (χ0n) is 14.6. The molecule has 0 aliphatic rings. The maximum atomic E-state index is 6.14. The van der Waals surface area contributed by atoms with Crippen LogP contribution in [-0.4, -0.2) is 0 Å². The average Bonchev–Trinajstić information content (AvgIpc) is 2.61. The quantitative estimate of drug-likeness (QED) is 0.433. The van der Waals surface area contributed by atoms with Crippen LogP contribution < -0.4 is 9.05 Å². The van der Waals surface area contributed by atoms with Crippen LogP contribution in [0.5, 0.6) is 11.5 Å². The van der Waals surface area contributed by atoms with E-state index in [9.17, 15) is 0 Å². The van der Waals surface area contributed by atoms with Gasteiger partial charge in [0, 0.05) is 4.90 Å². The van der Waals surface area contributed by atoms with Gasteiger partial charge in [0.15, 0.2) is 0 Å². The molecule has 0 aliphatic heterocycles. The summed E-state index contributed by atoms with van der Waals surface area (Å²) in [7, 11) is -1.20. The Morgan fingerprint density at radius 1 is 0.560 bits per heavy atom. The Bertz CT molecular complexity index is 686. The first-order chi connectivity index (χ1) is 12.1. The topological polar surface area (TPSA) is 18.5 Å². The van der Waals surface area contributed by atoms with Crippen molar-refractivity contribution in [3.8, 4) is 11.5 Å². The van der Waals surface area contributed by atoms with Gasteiger partial charge in [-0.15, -0.1) is 0 Å². The van der Waals surface area contributed by atoms with Crippen molar-refractivity contribution in [2.45, 2.75) is 25.7 Å². The molecule has 0 atom stereocenters. The monoisotopic (exact) mass is 368 g/mol. The van der Waals surface area contributed by atoms with E-state index in [1.54, 1.807) is 11.4 Å². The van der Waals surface area contributed by atoms with E-state index in [-0.39, 0.29) is 0 Å². The highest BCUT2D eigenvalue weighted by Crippen LogP contribution is 2.55. The lowest BCUT2D eigenvalue weighted by atomic mass is 10.2. The molecule has 0 saturated carbocycles. The predicted molar refractivity (Wildman–Crippen MR) is 108 cm³/mol. The Kier molecular flexibility index (Phi) is 6.01. The van der Waals surface area contributed by atoms with Crippen molar-refractivity contribution < 1.29 is 9.05 Å². The fourth-order valence-corrected chi connectivity index (χ4v) is 4.86. The Balaban J connectivity index is 1.77. The molecule has 128 valence electrons. The van der Waals surface area contributed by atoms with Crippen LogP contribution >= 0.6 is 19.0 Å². The van der Waals surface area contributed by atoms with Crippen LogP contribution in [0.2, 0.25) is 0 Å². The van der Waals surface area contributed by atoms with Crippen molar-refractivity contribution in [1.29, 1.82) is 0 Å². The van der Waals surface area contributed by atoms with Crippen molar-refractivity contribution in [1.82, 2.24) is 0 Å². The number of hydrogen-bond donors (Lipinski definition) is 0. The van der Waals surface area contributed by atoms with E-state index in [4.69, 9.17) is 9.05 Å². The molecule has 3 aromatic rings. The van der Waals surface area contributed by atoms with Crippen molar-refractivity contribution >= 4 is 19.0 Å². The van der Waals surface area contributed by atoms with Crippen LogP contribution in [-0.2, 0) is 0 Å². The maximum absolute atomic E-state index is 6.14. The predicted octanol–water partition coefficient (Wildman–Crippen LogP) is 7.09. The van der Waals surface area contributed by atoms with Crippen molar-refractivity contribution in [3.63, 3.8) is 0 Å². The summed E-state index contributed by atoms with van der Waals surface area (Å²) in [4.78, 5) is 1.14. The molecule has 0 unspecified atom stereocenters.